The van der Waals surface area contributed by atoms with Crippen LogP contribution in [-0.4, -0.2) is 16.6 Å². The second-order valence-corrected chi connectivity index (χ2v) is 3.35. The lowest BCUT2D eigenvalue weighted by molar-refractivity contribution is -0.107. The zero-order chi connectivity index (χ0) is 7.82. The van der Waals surface area contributed by atoms with Gasteiger partial charge in [-0.1, -0.05) is 18.3 Å². The van der Waals surface area contributed by atoms with E-state index in [4.69, 9.17) is 0 Å². The molecule has 58 valence electrons. The summed E-state index contributed by atoms with van der Waals surface area (Å²) in [6.07, 6.45) is 3.50. The fourth-order valence-corrected chi connectivity index (χ4v) is 1.34. The molecule has 0 heterocycles. The topological polar surface area (TPSA) is 17.1 Å². The molecular weight excluding hydrogens is 164 g/mol. The van der Waals surface area contributed by atoms with Crippen molar-refractivity contribution in [2.24, 2.45) is 0 Å². The van der Waals surface area contributed by atoms with Crippen LogP contribution in [0.3, 0.4) is 0 Å². The Kier molecular flexibility index (Phi) is 7.30. The lowest BCUT2D eigenvalue weighted by Gasteiger charge is -1.93. The first kappa shape index (κ1) is 10.1. The van der Waals surface area contributed by atoms with Crippen molar-refractivity contribution in [2.45, 2.75) is 12.8 Å². The molecule has 0 rings (SSSR count). The quantitative estimate of drug-likeness (QED) is 0.393. The highest BCUT2D eigenvalue weighted by molar-refractivity contribution is 8.14. The third-order valence-corrected chi connectivity index (χ3v) is 2.22. The van der Waals surface area contributed by atoms with Gasteiger partial charge < -0.3 is 0 Å². The number of hydrogen-bond donors (Lipinski definition) is 1. The molecule has 0 bridgehead atoms. The molecule has 0 aliphatic rings. The van der Waals surface area contributed by atoms with Crippen LogP contribution in [0.4, 0.5) is 0 Å². The van der Waals surface area contributed by atoms with E-state index in [0.717, 1.165) is 24.3 Å². The SMILES string of the molecule is C=CC(=O)SCCCCS. The van der Waals surface area contributed by atoms with Crippen LogP contribution in [0.25, 0.3) is 0 Å². The molecule has 0 saturated heterocycles. The van der Waals surface area contributed by atoms with Gasteiger partial charge in [-0.15, -0.1) is 0 Å². The Balaban J connectivity index is 3.03. The number of hydrogen-bond acceptors (Lipinski definition) is 3. The lowest BCUT2D eigenvalue weighted by atomic mass is 10.4. The van der Waals surface area contributed by atoms with Gasteiger partial charge in [-0.3, -0.25) is 4.79 Å². The summed E-state index contributed by atoms with van der Waals surface area (Å²) in [6.45, 7) is 3.37. The highest BCUT2D eigenvalue weighted by atomic mass is 32.2. The summed E-state index contributed by atoms with van der Waals surface area (Å²) < 4.78 is 0. The molecule has 0 atom stereocenters. The summed E-state index contributed by atoms with van der Waals surface area (Å²) in [5.41, 5.74) is 0. The van der Waals surface area contributed by atoms with Crippen LogP contribution < -0.4 is 0 Å². The third kappa shape index (κ3) is 6.23. The average Bonchev–Trinajstić information content (AvgIpc) is 1.98. The molecule has 0 unspecified atom stereocenters. The molecule has 0 radical (unpaired) electrons. The van der Waals surface area contributed by atoms with Gasteiger partial charge in [0.05, 0.1) is 0 Å². The maximum atomic E-state index is 10.6. The van der Waals surface area contributed by atoms with Crippen LogP contribution in [-0.2, 0) is 4.79 Å². The van der Waals surface area contributed by atoms with Crippen LogP contribution in [0.5, 0.6) is 0 Å². The summed E-state index contributed by atoms with van der Waals surface area (Å²) in [5.74, 6) is 1.80. The Morgan fingerprint density at radius 1 is 1.60 bits per heavy atom. The maximum Gasteiger partial charge on any atom is 0.211 e. The van der Waals surface area contributed by atoms with Gasteiger partial charge in [-0.05, 0) is 24.7 Å². The van der Waals surface area contributed by atoms with Gasteiger partial charge in [0.15, 0.2) is 0 Å². The van der Waals surface area contributed by atoms with Crippen LogP contribution in [0.2, 0.25) is 0 Å². The number of carbonyl (C=O) groups excluding carboxylic acids is 1. The molecule has 0 fully saturated rings. The van der Waals surface area contributed by atoms with Crippen molar-refractivity contribution in [3.63, 3.8) is 0 Å². The van der Waals surface area contributed by atoms with Gasteiger partial charge in [-0.25, -0.2) is 0 Å². The Morgan fingerprint density at radius 3 is 2.80 bits per heavy atom. The van der Waals surface area contributed by atoms with Crippen molar-refractivity contribution in [1.29, 1.82) is 0 Å². The van der Waals surface area contributed by atoms with E-state index < -0.39 is 0 Å². The second kappa shape index (κ2) is 7.22. The largest absolute Gasteiger partial charge is 0.282 e. The minimum atomic E-state index is 0.0687. The first-order valence-electron chi connectivity index (χ1n) is 3.21. The van der Waals surface area contributed by atoms with E-state index in [0.29, 0.717) is 0 Å². The summed E-state index contributed by atoms with van der Waals surface area (Å²) in [7, 11) is 0. The van der Waals surface area contributed by atoms with E-state index in [1.807, 2.05) is 0 Å². The minimum Gasteiger partial charge on any atom is -0.282 e. The van der Waals surface area contributed by atoms with E-state index in [1.54, 1.807) is 0 Å². The maximum absolute atomic E-state index is 10.6. The minimum absolute atomic E-state index is 0.0687. The monoisotopic (exact) mass is 176 g/mol. The lowest BCUT2D eigenvalue weighted by Crippen LogP contribution is -1.87. The van der Waals surface area contributed by atoms with Gasteiger partial charge in [0, 0.05) is 5.75 Å². The van der Waals surface area contributed by atoms with Crippen LogP contribution in [0.1, 0.15) is 12.8 Å². The molecule has 0 aromatic heterocycles. The van der Waals surface area contributed by atoms with E-state index in [-0.39, 0.29) is 5.12 Å². The van der Waals surface area contributed by atoms with Crippen molar-refractivity contribution in [2.75, 3.05) is 11.5 Å². The Hall–Kier alpha value is 0.110. The zero-order valence-electron chi connectivity index (χ0n) is 5.88. The van der Waals surface area contributed by atoms with E-state index >= 15 is 0 Å². The first-order chi connectivity index (χ1) is 4.81. The molecule has 0 amide bonds. The molecule has 0 aliphatic heterocycles. The molecule has 10 heavy (non-hydrogen) atoms. The summed E-state index contributed by atoms with van der Waals surface area (Å²) in [5, 5.41) is 0.0687. The highest BCUT2D eigenvalue weighted by Gasteiger charge is 1.94. The first-order valence-corrected chi connectivity index (χ1v) is 4.83. The van der Waals surface area contributed by atoms with Crippen molar-refractivity contribution < 1.29 is 4.79 Å². The van der Waals surface area contributed by atoms with Crippen molar-refractivity contribution in [3.8, 4) is 0 Å². The fourth-order valence-electron chi connectivity index (χ4n) is 0.446. The third-order valence-electron chi connectivity index (χ3n) is 0.963. The van der Waals surface area contributed by atoms with Crippen molar-refractivity contribution in [1.82, 2.24) is 0 Å². The number of carbonyl (C=O) groups is 1. The number of thiol groups is 1. The van der Waals surface area contributed by atoms with Gasteiger partial charge in [0.2, 0.25) is 5.12 Å². The molecule has 0 saturated carbocycles. The summed E-state index contributed by atoms with van der Waals surface area (Å²) in [4.78, 5) is 10.6. The highest BCUT2D eigenvalue weighted by Crippen LogP contribution is 2.06. The molecule has 0 aromatic rings. The Labute approximate surface area is 71.7 Å². The fraction of sp³-hybridized carbons (Fsp3) is 0.571. The standard InChI is InChI=1S/C7H12OS2/c1-2-7(8)10-6-4-3-5-9/h2,9H,1,3-6H2. The summed E-state index contributed by atoms with van der Waals surface area (Å²) >= 11 is 5.38. The van der Waals surface area contributed by atoms with E-state index in [1.165, 1.54) is 17.8 Å². The number of unbranched alkanes of at least 4 members (excludes halogenated alkanes) is 1. The average molecular weight is 176 g/mol. The van der Waals surface area contributed by atoms with Crippen molar-refractivity contribution in [3.05, 3.63) is 12.7 Å². The Bertz CT molecular complexity index is 112. The number of thioether (sulfide) groups is 1. The zero-order valence-corrected chi connectivity index (χ0v) is 7.59. The van der Waals surface area contributed by atoms with E-state index in [2.05, 4.69) is 19.2 Å². The number of rotatable bonds is 5. The van der Waals surface area contributed by atoms with Crippen LogP contribution in [0, 0.1) is 0 Å². The van der Waals surface area contributed by atoms with E-state index in [9.17, 15) is 4.79 Å². The molecule has 0 spiro atoms. The Morgan fingerprint density at radius 2 is 2.30 bits per heavy atom. The van der Waals surface area contributed by atoms with Crippen LogP contribution in [0.15, 0.2) is 12.7 Å². The normalized spacial score (nSPS) is 9.30. The van der Waals surface area contributed by atoms with Crippen LogP contribution >= 0.6 is 24.4 Å². The van der Waals surface area contributed by atoms with Gasteiger partial charge in [0.25, 0.3) is 0 Å². The van der Waals surface area contributed by atoms with Gasteiger partial charge in [0.1, 0.15) is 0 Å². The molecular formula is C7H12OS2. The molecule has 3 heteroatoms. The van der Waals surface area contributed by atoms with Gasteiger partial charge >= 0.3 is 0 Å². The predicted molar refractivity (Wildman–Crippen MR) is 50.7 cm³/mol. The molecule has 0 N–H and O–H groups in total. The molecule has 0 aromatic carbocycles. The van der Waals surface area contributed by atoms with Crippen molar-refractivity contribution >= 4 is 29.5 Å². The van der Waals surface area contributed by atoms with Gasteiger partial charge in [-0.2, -0.15) is 12.6 Å². The second-order valence-electron chi connectivity index (χ2n) is 1.80. The molecule has 1 nitrogen and oxygen atoms in total. The molecule has 0 aliphatic carbocycles. The predicted octanol–water partition coefficient (Wildman–Crippen LogP) is 2.14. The smallest absolute Gasteiger partial charge is 0.211 e. The summed E-state index contributed by atoms with van der Waals surface area (Å²) in [6, 6.07) is 0.